The van der Waals surface area contributed by atoms with Gasteiger partial charge in [-0.15, -0.1) is 0 Å². The van der Waals surface area contributed by atoms with Crippen LogP contribution < -0.4 is 0 Å². The zero-order chi connectivity index (χ0) is 20.3. The lowest BCUT2D eigenvalue weighted by Gasteiger charge is -2.24. The summed E-state index contributed by atoms with van der Waals surface area (Å²) in [6.45, 7) is 13.3. The molecule has 0 aromatic heterocycles. The van der Waals surface area contributed by atoms with Crippen molar-refractivity contribution in [2.75, 3.05) is 0 Å². The fourth-order valence-electron chi connectivity index (χ4n) is 3.90. The van der Waals surface area contributed by atoms with Gasteiger partial charge in [-0.2, -0.15) is 0 Å². The molecule has 0 bridgehead atoms. The van der Waals surface area contributed by atoms with E-state index in [4.69, 9.17) is 0 Å². The molecule has 1 unspecified atom stereocenters. The van der Waals surface area contributed by atoms with Crippen LogP contribution in [0, 0.1) is 7.14 Å². The molecule has 0 amide bonds. The Morgan fingerprint density at radius 1 is 0.963 bits per heavy atom. The Balaban J connectivity index is 2.34. The van der Waals surface area contributed by atoms with Gasteiger partial charge < -0.3 is 5.11 Å². The first kappa shape index (κ1) is 21.1. The maximum Gasteiger partial charge on any atom is 0.304 e. The molecule has 3 rings (SSSR count). The number of aliphatic carboxylic acids is 1. The van der Waals surface area contributed by atoms with Gasteiger partial charge in [-0.25, -0.2) is 0 Å². The second kappa shape index (κ2) is 7.01. The number of hydrogen-bond donors (Lipinski definition) is 1. The molecule has 0 saturated carbocycles. The summed E-state index contributed by atoms with van der Waals surface area (Å²) in [4.78, 5) is 11.7. The van der Waals surface area contributed by atoms with Crippen molar-refractivity contribution in [2.45, 2.75) is 64.7 Å². The zero-order valence-corrected chi connectivity index (χ0v) is 21.0. The molecule has 1 aliphatic carbocycles. The van der Waals surface area contributed by atoms with Gasteiger partial charge in [0.15, 0.2) is 0 Å². The third kappa shape index (κ3) is 3.80. The van der Waals surface area contributed by atoms with Gasteiger partial charge in [-0.1, -0.05) is 59.7 Å². The summed E-state index contributed by atoms with van der Waals surface area (Å²) in [5, 5.41) is 9.61. The topological polar surface area (TPSA) is 37.3 Å². The maximum atomic E-state index is 11.7. The van der Waals surface area contributed by atoms with Crippen LogP contribution in [-0.4, -0.2) is 11.1 Å². The molecule has 1 N–H and O–H groups in total. The van der Waals surface area contributed by atoms with Crippen molar-refractivity contribution in [1.29, 1.82) is 0 Å². The monoisotopic (exact) mass is 588 g/mol. The second-order valence-corrected chi connectivity index (χ2v) is 11.7. The van der Waals surface area contributed by atoms with Crippen LogP contribution in [-0.2, 0) is 15.6 Å². The Hall–Kier alpha value is -0.630. The normalized spacial score (nSPS) is 16.2. The van der Waals surface area contributed by atoms with Crippen LogP contribution in [0.5, 0.6) is 0 Å². The molecule has 4 heteroatoms. The molecule has 1 atom stereocenters. The van der Waals surface area contributed by atoms with Crippen molar-refractivity contribution in [3.8, 4) is 11.1 Å². The molecule has 0 heterocycles. The van der Waals surface area contributed by atoms with Crippen LogP contribution in [0.4, 0.5) is 0 Å². The average molecular weight is 588 g/mol. The molecular formula is C23H26I2O2. The molecule has 0 radical (unpaired) electrons. The molecule has 27 heavy (non-hydrogen) atoms. The number of carbonyl (C=O) groups is 1. The average Bonchev–Trinajstić information content (AvgIpc) is 2.80. The summed E-state index contributed by atoms with van der Waals surface area (Å²) in [5.41, 5.74) is 7.47. The molecule has 144 valence electrons. The Morgan fingerprint density at radius 3 is 2.11 bits per heavy atom. The molecule has 1 aliphatic rings. The van der Waals surface area contributed by atoms with E-state index in [2.05, 4.69) is 111 Å². The van der Waals surface area contributed by atoms with Crippen molar-refractivity contribution >= 4 is 51.2 Å². The van der Waals surface area contributed by atoms with E-state index >= 15 is 0 Å². The lowest BCUT2D eigenvalue weighted by Crippen LogP contribution is -2.16. The SMILES string of the molecule is CC(C)(C)c1cc(I)c2c(c1)-c1ccc(C(C)(C)C)c(I)c1C2CC(=O)O. The number of rotatable bonds is 2. The molecule has 2 aromatic rings. The van der Waals surface area contributed by atoms with Crippen LogP contribution >= 0.6 is 45.2 Å². The number of hydrogen-bond acceptors (Lipinski definition) is 1. The Labute approximate surface area is 189 Å². The standard InChI is InChI=1S/C23H26I2O2/c1-22(2,3)12-9-14-13-7-8-16(23(4,5)6)21(25)20(13)15(11-18(26)27)19(14)17(24)10-12/h7-10,15H,11H2,1-6H3,(H,26,27). The summed E-state index contributed by atoms with van der Waals surface area (Å²) in [5.74, 6) is -0.825. The largest absolute Gasteiger partial charge is 0.481 e. The van der Waals surface area contributed by atoms with E-state index in [0.717, 1.165) is 0 Å². The highest BCUT2D eigenvalue weighted by molar-refractivity contribution is 14.1. The molecule has 2 nitrogen and oxygen atoms in total. The first-order chi connectivity index (χ1) is 12.3. The summed E-state index contributed by atoms with van der Waals surface area (Å²) < 4.78 is 2.39. The van der Waals surface area contributed by atoms with Gasteiger partial charge >= 0.3 is 5.97 Å². The highest BCUT2D eigenvalue weighted by atomic mass is 127. The van der Waals surface area contributed by atoms with E-state index in [9.17, 15) is 9.90 Å². The lowest BCUT2D eigenvalue weighted by molar-refractivity contribution is -0.137. The van der Waals surface area contributed by atoms with Crippen molar-refractivity contribution in [3.63, 3.8) is 0 Å². The molecule has 0 aliphatic heterocycles. The van der Waals surface area contributed by atoms with Gasteiger partial charge in [0.05, 0.1) is 6.42 Å². The minimum Gasteiger partial charge on any atom is -0.481 e. The first-order valence-corrected chi connectivity index (χ1v) is 11.4. The molecular weight excluding hydrogens is 562 g/mol. The third-order valence-electron chi connectivity index (χ3n) is 5.35. The first-order valence-electron chi connectivity index (χ1n) is 9.21. The van der Waals surface area contributed by atoms with Crippen LogP contribution in [0.15, 0.2) is 24.3 Å². The van der Waals surface area contributed by atoms with Gasteiger partial charge in [-0.05, 0) is 95.5 Å². The fraction of sp³-hybridized carbons (Fsp3) is 0.435. The molecule has 0 fully saturated rings. The van der Waals surface area contributed by atoms with E-state index in [1.54, 1.807) is 0 Å². The Bertz CT molecular complexity index is 931. The fourth-order valence-corrected chi connectivity index (χ4v) is 6.56. The zero-order valence-electron chi connectivity index (χ0n) is 16.7. The van der Waals surface area contributed by atoms with E-state index in [-0.39, 0.29) is 23.2 Å². The van der Waals surface area contributed by atoms with E-state index in [1.165, 1.54) is 40.5 Å². The maximum absolute atomic E-state index is 11.7. The van der Waals surface area contributed by atoms with E-state index < -0.39 is 5.97 Å². The Kier molecular flexibility index (Phi) is 5.47. The van der Waals surface area contributed by atoms with Gasteiger partial charge in [0.25, 0.3) is 0 Å². The quantitative estimate of drug-likeness (QED) is 0.381. The molecule has 0 spiro atoms. The van der Waals surface area contributed by atoms with Crippen LogP contribution in [0.25, 0.3) is 11.1 Å². The molecule has 0 saturated heterocycles. The van der Waals surface area contributed by atoms with Gasteiger partial charge in [0, 0.05) is 13.1 Å². The predicted octanol–water partition coefficient (Wildman–Crippen LogP) is 7.08. The second-order valence-electron chi connectivity index (χ2n) is 9.46. The van der Waals surface area contributed by atoms with Gasteiger partial charge in [-0.3, -0.25) is 4.79 Å². The van der Waals surface area contributed by atoms with Crippen molar-refractivity contribution in [2.24, 2.45) is 0 Å². The summed E-state index contributed by atoms with van der Waals surface area (Å²) in [6, 6.07) is 8.95. The number of halogens is 2. The Morgan fingerprint density at radius 2 is 1.59 bits per heavy atom. The predicted molar refractivity (Wildman–Crippen MR) is 129 cm³/mol. The van der Waals surface area contributed by atoms with Crippen molar-refractivity contribution in [1.82, 2.24) is 0 Å². The minimum atomic E-state index is -0.744. The van der Waals surface area contributed by atoms with E-state index in [1.807, 2.05) is 0 Å². The van der Waals surface area contributed by atoms with Gasteiger partial charge in [0.2, 0.25) is 0 Å². The smallest absolute Gasteiger partial charge is 0.304 e. The summed E-state index contributed by atoms with van der Waals surface area (Å²) in [7, 11) is 0. The number of carboxylic acid groups (broad SMARTS) is 1. The van der Waals surface area contributed by atoms with Crippen LogP contribution in [0.1, 0.15) is 76.1 Å². The number of carboxylic acids is 1. The lowest BCUT2D eigenvalue weighted by atomic mass is 9.83. The minimum absolute atomic E-state index is 0.0256. The number of fused-ring (bicyclic) bond motifs is 3. The summed E-state index contributed by atoms with van der Waals surface area (Å²) >= 11 is 4.83. The highest BCUT2D eigenvalue weighted by Gasteiger charge is 2.36. The van der Waals surface area contributed by atoms with E-state index in [0.29, 0.717) is 0 Å². The third-order valence-corrected chi connectivity index (χ3v) is 7.40. The van der Waals surface area contributed by atoms with Crippen molar-refractivity contribution in [3.05, 3.63) is 53.7 Å². The number of benzene rings is 2. The van der Waals surface area contributed by atoms with Crippen LogP contribution in [0.3, 0.4) is 0 Å². The van der Waals surface area contributed by atoms with Crippen molar-refractivity contribution < 1.29 is 9.90 Å². The van der Waals surface area contributed by atoms with Gasteiger partial charge in [0.1, 0.15) is 0 Å². The van der Waals surface area contributed by atoms with Crippen LogP contribution in [0.2, 0.25) is 0 Å². The molecule has 2 aromatic carbocycles. The highest BCUT2D eigenvalue weighted by Crippen LogP contribution is 2.52. The summed E-state index contributed by atoms with van der Waals surface area (Å²) in [6.07, 6.45) is 0.133.